The molecule has 1 spiro atoms. The summed E-state index contributed by atoms with van der Waals surface area (Å²) in [5, 5.41) is 7.49. The number of piperazine rings is 2. The van der Waals surface area contributed by atoms with Crippen molar-refractivity contribution in [3.63, 3.8) is 0 Å². The highest BCUT2D eigenvalue weighted by Gasteiger charge is 2.68. The van der Waals surface area contributed by atoms with Gasteiger partial charge in [0, 0.05) is 146 Å². The SMILES string of the molecule is Cc1cc(S(=O)(=O)NC(=O)c2ccc(N3CCN(CC4=C(C56CC(C)(C5)C6)CC(C)(C)CC4)CC3)cc2)ccc1N[C@H](CCN1CCC(C)CC1)CSc1ccccc1.Cc1cc(S(=O)(=O)NC(=O)c2ccc(N3CCN(CC4=C(C56CC(C)(C5)C6)CC5(CCC5)CC4)CC3)cc2)ccc1N[C@H](CCN1CCC(C)CC1)CSc1ccccc1. The van der Waals surface area contributed by atoms with E-state index in [1.807, 2.05) is 97.0 Å². The topological polar surface area (TPSA) is 170 Å². The number of hydrogen-bond donors (Lipinski definition) is 4. The molecule has 640 valence electrons. The molecule has 19 rings (SSSR count). The number of allylic oxidation sites excluding steroid dienone is 2. The molecule has 0 radical (unpaired) electrons. The van der Waals surface area contributed by atoms with Gasteiger partial charge in [0.25, 0.3) is 31.9 Å². The number of thioether (sulfide) groups is 2. The molecule has 0 aromatic heterocycles. The molecule has 7 saturated carbocycles. The Kier molecular flexibility index (Phi) is 25.9. The summed E-state index contributed by atoms with van der Waals surface area (Å²) in [5.41, 5.74) is 16.9. The van der Waals surface area contributed by atoms with E-state index in [-0.39, 0.29) is 21.9 Å². The Morgan fingerprint density at radius 3 is 1.21 bits per heavy atom. The fraction of sp³-hybridized carbons (Fsp3) is 0.576. The van der Waals surface area contributed by atoms with Gasteiger partial charge < -0.3 is 30.2 Å². The van der Waals surface area contributed by atoms with Crippen molar-refractivity contribution in [2.75, 3.05) is 137 Å². The van der Waals surface area contributed by atoms with Crippen molar-refractivity contribution < 1.29 is 26.4 Å². The molecule has 9 aliphatic carbocycles. The van der Waals surface area contributed by atoms with Gasteiger partial charge in [-0.3, -0.25) is 19.4 Å². The van der Waals surface area contributed by atoms with Gasteiger partial charge in [-0.1, -0.05) is 107 Å². The zero-order valence-corrected chi connectivity index (χ0v) is 75.8. The van der Waals surface area contributed by atoms with E-state index >= 15 is 0 Å². The highest BCUT2D eigenvalue weighted by molar-refractivity contribution is 7.99. The van der Waals surface area contributed by atoms with Crippen LogP contribution in [0.25, 0.3) is 0 Å². The van der Waals surface area contributed by atoms with Gasteiger partial charge >= 0.3 is 0 Å². The number of nitrogens with zero attached hydrogens (tertiary/aromatic N) is 6. The van der Waals surface area contributed by atoms with E-state index in [0.717, 1.165) is 175 Å². The molecule has 4 bridgehead atoms. The average Bonchev–Trinajstić information content (AvgIpc) is 0.678. The zero-order chi connectivity index (χ0) is 83.0. The van der Waals surface area contributed by atoms with Gasteiger partial charge in [0.15, 0.2) is 0 Å². The Bertz CT molecular complexity index is 4830. The van der Waals surface area contributed by atoms with Crippen molar-refractivity contribution in [3.05, 3.63) is 190 Å². The van der Waals surface area contributed by atoms with Crippen molar-refractivity contribution in [2.45, 2.75) is 222 Å². The fourth-order valence-corrected chi connectivity index (χ4v) is 26.8. The summed E-state index contributed by atoms with van der Waals surface area (Å²) in [5.74, 6) is 2.17. The summed E-state index contributed by atoms with van der Waals surface area (Å²) in [4.78, 5) is 44.5. The number of likely N-dealkylation sites (tertiary alicyclic amines) is 2. The summed E-state index contributed by atoms with van der Waals surface area (Å²) >= 11 is 3.68. The Balaban J connectivity index is 0.000000178. The van der Waals surface area contributed by atoms with Crippen molar-refractivity contribution in [1.29, 1.82) is 0 Å². The number of carbonyl (C=O) groups is 2. The predicted octanol–water partition coefficient (Wildman–Crippen LogP) is 19.4. The molecule has 2 atom stereocenters. The molecule has 4 saturated heterocycles. The van der Waals surface area contributed by atoms with Crippen molar-refractivity contribution in [1.82, 2.24) is 29.0 Å². The minimum atomic E-state index is -4.08. The number of rotatable bonds is 30. The minimum absolute atomic E-state index is 0.0827. The van der Waals surface area contributed by atoms with Crippen LogP contribution in [0.4, 0.5) is 22.7 Å². The second kappa shape index (κ2) is 35.9. The molecular weight excluding hydrogens is 1550 g/mol. The number of carbonyl (C=O) groups excluding carboxylic acids is 2. The van der Waals surface area contributed by atoms with E-state index in [1.54, 1.807) is 59.7 Å². The zero-order valence-electron chi connectivity index (χ0n) is 72.5. The second-order valence-electron chi connectivity index (χ2n) is 40.3. The van der Waals surface area contributed by atoms with Gasteiger partial charge in [0.1, 0.15) is 0 Å². The summed E-state index contributed by atoms with van der Waals surface area (Å²) in [7, 11) is -8.15. The standard InChI is InChI=1S/C50H67N5O3S2.C49H67N5O3S2/c1-37-17-23-53(24-18-37)25-19-41(33-59-43-8-5-4-6-9-43)51-46-15-14-44(30-38(46)2)60(57,58)52-47(56)39-10-12-42(13-11-39)55-28-26-54(27-29-55)32-40-16-22-49(20-7-21-49)31-45(40)50-34-48(3,35-50)36-50;1-36-18-22-52(23-19-36)24-20-40(32-58-42-9-7-6-8-10-42)50-45-16-15-43(29-37(45)2)59(56,57)51-46(55)38-11-13-41(14-12-38)54-27-25-53(26-28-54)31-39-17-21-47(3,4)30-44(39)49-33-48(5,34-49)35-49/h4-6,8-15,30,37,41,51H,7,16-29,31-36H2,1-3H3,(H,52,56);6-16,29,36,40,50H,17-28,30-35H2,1-5H3,(H,51,55)/t41-,48?,50?;40-,48?,49?/m11/s1. The maximum Gasteiger partial charge on any atom is 0.264 e. The first kappa shape index (κ1) is 85.9. The monoisotopic (exact) mass is 1690 g/mol. The summed E-state index contributed by atoms with van der Waals surface area (Å²) in [6.45, 7) is 35.2. The average molecular weight is 1690 g/mol. The highest BCUT2D eigenvalue weighted by atomic mass is 32.2. The number of sulfonamides is 2. The van der Waals surface area contributed by atoms with Crippen LogP contribution in [0.1, 0.15) is 208 Å². The summed E-state index contributed by atoms with van der Waals surface area (Å²) in [6, 6.07) is 46.4. The number of amides is 2. The normalized spacial score (nSPS) is 25.9. The van der Waals surface area contributed by atoms with Crippen LogP contribution in [0.2, 0.25) is 0 Å². The third-order valence-electron chi connectivity index (χ3n) is 29.9. The van der Waals surface area contributed by atoms with E-state index < -0.39 is 31.9 Å². The van der Waals surface area contributed by atoms with E-state index in [1.165, 1.54) is 132 Å². The lowest BCUT2D eigenvalue weighted by molar-refractivity contribution is -0.169. The second-order valence-corrected chi connectivity index (χ2v) is 45.8. The largest absolute Gasteiger partial charge is 0.381 e. The molecule has 13 aliphatic rings. The first-order valence-corrected chi connectivity index (χ1v) is 50.2. The van der Waals surface area contributed by atoms with E-state index in [2.05, 4.69) is 140 Å². The van der Waals surface area contributed by atoms with Crippen LogP contribution >= 0.6 is 23.5 Å². The third kappa shape index (κ3) is 20.4. The highest BCUT2D eigenvalue weighted by Crippen LogP contribution is 2.79. The molecule has 4 aliphatic heterocycles. The number of anilines is 4. The van der Waals surface area contributed by atoms with Crippen LogP contribution in [0, 0.1) is 58.2 Å². The number of aryl methyl sites for hydroxylation is 2. The van der Waals surface area contributed by atoms with Crippen LogP contribution in [-0.4, -0.2) is 177 Å². The third-order valence-corrected chi connectivity index (χ3v) is 34.9. The number of nitrogens with one attached hydrogen (secondary N) is 4. The van der Waals surface area contributed by atoms with Crippen LogP contribution < -0.4 is 29.9 Å². The molecule has 11 fully saturated rings. The number of piperidine rings is 2. The van der Waals surface area contributed by atoms with Gasteiger partial charge in [-0.05, 0) is 333 Å². The lowest BCUT2D eigenvalue weighted by atomic mass is 9.32. The lowest BCUT2D eigenvalue weighted by Crippen LogP contribution is -2.62. The Hall–Kier alpha value is -6.62. The van der Waals surface area contributed by atoms with Crippen LogP contribution in [-0.2, 0) is 20.0 Å². The molecule has 119 heavy (non-hydrogen) atoms. The van der Waals surface area contributed by atoms with Gasteiger partial charge in [-0.15, -0.1) is 23.5 Å². The summed E-state index contributed by atoms with van der Waals surface area (Å²) < 4.78 is 58.8. The molecule has 2 amide bonds. The Morgan fingerprint density at radius 1 is 0.454 bits per heavy atom. The van der Waals surface area contributed by atoms with E-state index in [0.29, 0.717) is 43.6 Å². The fourth-order valence-electron chi connectivity index (χ4n) is 22.7. The number of hydrogen-bond acceptors (Lipinski definition) is 16. The first-order valence-electron chi connectivity index (χ1n) is 45.3. The predicted molar refractivity (Wildman–Crippen MR) is 491 cm³/mol. The Labute approximate surface area is 721 Å². The molecule has 4 N–H and O–H groups in total. The van der Waals surface area contributed by atoms with Crippen LogP contribution in [0.3, 0.4) is 0 Å². The van der Waals surface area contributed by atoms with Gasteiger partial charge in [0.2, 0.25) is 0 Å². The quantitative estimate of drug-likeness (QED) is 0.0248. The van der Waals surface area contributed by atoms with Crippen molar-refractivity contribution in [2.24, 2.45) is 44.3 Å². The smallest absolute Gasteiger partial charge is 0.264 e. The summed E-state index contributed by atoms with van der Waals surface area (Å²) in [6.07, 6.45) is 27.8. The van der Waals surface area contributed by atoms with Crippen LogP contribution in [0.15, 0.2) is 187 Å². The molecule has 16 nitrogen and oxygen atoms in total. The van der Waals surface area contributed by atoms with E-state index in [4.69, 9.17) is 0 Å². The van der Waals surface area contributed by atoms with Crippen molar-refractivity contribution >= 4 is 78.1 Å². The van der Waals surface area contributed by atoms with Crippen molar-refractivity contribution in [3.8, 4) is 0 Å². The molecule has 4 heterocycles. The maximum absolute atomic E-state index is 13.5. The van der Waals surface area contributed by atoms with Gasteiger partial charge in [0.05, 0.1) is 9.79 Å². The van der Waals surface area contributed by atoms with Crippen LogP contribution in [0.5, 0.6) is 0 Å². The lowest BCUT2D eigenvalue weighted by Gasteiger charge is -2.72. The first-order chi connectivity index (χ1) is 57.0. The maximum atomic E-state index is 13.5. The van der Waals surface area contributed by atoms with E-state index in [9.17, 15) is 26.4 Å². The van der Waals surface area contributed by atoms with Gasteiger partial charge in [-0.2, -0.15) is 0 Å². The Morgan fingerprint density at radius 2 is 0.840 bits per heavy atom. The molecule has 0 unspecified atom stereocenters. The molecular formula is C99H134N10O6S4. The number of benzene rings is 6. The molecule has 20 heteroatoms. The minimum Gasteiger partial charge on any atom is -0.381 e. The molecule has 6 aromatic carbocycles. The van der Waals surface area contributed by atoms with Gasteiger partial charge in [-0.25, -0.2) is 26.3 Å². The molecule has 6 aromatic rings.